The van der Waals surface area contributed by atoms with E-state index in [9.17, 15) is 4.79 Å². The monoisotopic (exact) mass is 439 g/mol. The number of amides is 1. The summed E-state index contributed by atoms with van der Waals surface area (Å²) < 4.78 is 7.33. The van der Waals surface area contributed by atoms with Crippen molar-refractivity contribution in [3.05, 3.63) is 24.7 Å². The van der Waals surface area contributed by atoms with Crippen LogP contribution in [0.1, 0.15) is 38.5 Å². The molecule has 0 bridgehead atoms. The first-order chi connectivity index (χ1) is 15.6. The highest BCUT2D eigenvalue weighted by Gasteiger charge is 2.46. The summed E-state index contributed by atoms with van der Waals surface area (Å²) in [5.74, 6) is 0.916. The molecule has 9 nitrogen and oxygen atoms in total. The fourth-order valence-electron chi connectivity index (χ4n) is 5.41. The van der Waals surface area contributed by atoms with Crippen LogP contribution in [0.25, 0.3) is 11.3 Å². The summed E-state index contributed by atoms with van der Waals surface area (Å²) in [4.78, 5) is 27.4. The van der Waals surface area contributed by atoms with Crippen LogP contribution in [0.3, 0.4) is 0 Å². The van der Waals surface area contributed by atoms with Crippen molar-refractivity contribution in [3.63, 3.8) is 0 Å². The van der Waals surface area contributed by atoms with Crippen molar-refractivity contribution in [2.75, 3.05) is 44.3 Å². The third-order valence-corrected chi connectivity index (χ3v) is 7.17. The first-order valence-corrected chi connectivity index (χ1v) is 11.8. The Bertz CT molecular complexity index is 934. The van der Waals surface area contributed by atoms with Gasteiger partial charge in [0, 0.05) is 57.2 Å². The number of carbonyl (C=O) groups is 1. The fourth-order valence-corrected chi connectivity index (χ4v) is 5.41. The average Bonchev–Trinajstić information content (AvgIpc) is 3.49. The smallest absolute Gasteiger partial charge is 0.240 e. The predicted octanol–water partition coefficient (Wildman–Crippen LogP) is 1.61. The SMILES string of the molecule is Cn1cc(-c2ccnc(N3CCC(NC(=O)C4(N5CCOCC5)CCCCC4)C3)n2)cn1. The van der Waals surface area contributed by atoms with Gasteiger partial charge in [-0.1, -0.05) is 19.3 Å². The van der Waals surface area contributed by atoms with Crippen molar-refractivity contribution < 1.29 is 9.53 Å². The average molecular weight is 440 g/mol. The molecule has 32 heavy (non-hydrogen) atoms. The first kappa shape index (κ1) is 21.3. The molecule has 1 amide bonds. The zero-order valence-electron chi connectivity index (χ0n) is 18.9. The van der Waals surface area contributed by atoms with E-state index in [4.69, 9.17) is 9.72 Å². The highest BCUT2D eigenvalue weighted by atomic mass is 16.5. The zero-order chi connectivity index (χ0) is 22.0. The Labute approximate surface area is 189 Å². The molecule has 1 unspecified atom stereocenters. The number of aryl methyl sites for hydroxylation is 1. The second kappa shape index (κ2) is 9.15. The predicted molar refractivity (Wildman–Crippen MR) is 121 cm³/mol. The summed E-state index contributed by atoms with van der Waals surface area (Å²) in [6.07, 6.45) is 11.8. The molecule has 2 saturated heterocycles. The van der Waals surface area contributed by atoms with Crippen molar-refractivity contribution in [3.8, 4) is 11.3 Å². The van der Waals surface area contributed by atoms with Gasteiger partial charge < -0.3 is 15.0 Å². The minimum Gasteiger partial charge on any atom is -0.379 e. The van der Waals surface area contributed by atoms with E-state index in [1.54, 1.807) is 10.9 Å². The van der Waals surface area contributed by atoms with Crippen LogP contribution in [0, 0.1) is 0 Å². The van der Waals surface area contributed by atoms with E-state index < -0.39 is 0 Å². The quantitative estimate of drug-likeness (QED) is 0.757. The molecule has 3 fully saturated rings. The maximum absolute atomic E-state index is 13.6. The normalized spacial score (nSPS) is 23.9. The molecule has 3 aliphatic rings. The van der Waals surface area contributed by atoms with Crippen molar-refractivity contribution >= 4 is 11.9 Å². The molecule has 0 spiro atoms. The van der Waals surface area contributed by atoms with Gasteiger partial charge in [0.15, 0.2) is 0 Å². The van der Waals surface area contributed by atoms with E-state index in [1.807, 2.05) is 25.5 Å². The molecule has 1 N–H and O–H groups in total. The Balaban J connectivity index is 1.26. The molecule has 2 aromatic rings. The van der Waals surface area contributed by atoms with Gasteiger partial charge in [-0.05, 0) is 25.3 Å². The fraction of sp³-hybridized carbons (Fsp3) is 0.652. The number of rotatable bonds is 5. The Kier molecular flexibility index (Phi) is 6.10. The maximum atomic E-state index is 13.6. The number of hydrogen-bond donors (Lipinski definition) is 1. The van der Waals surface area contributed by atoms with Gasteiger partial charge in [-0.15, -0.1) is 0 Å². The van der Waals surface area contributed by atoms with E-state index in [0.717, 1.165) is 82.8 Å². The summed E-state index contributed by atoms with van der Waals surface area (Å²) in [6.45, 7) is 4.71. The van der Waals surface area contributed by atoms with Crippen LogP contribution in [0.15, 0.2) is 24.7 Å². The van der Waals surface area contributed by atoms with Crippen LogP contribution in [0.4, 0.5) is 5.95 Å². The summed E-state index contributed by atoms with van der Waals surface area (Å²) in [6, 6.07) is 2.03. The summed E-state index contributed by atoms with van der Waals surface area (Å²) in [7, 11) is 1.90. The molecular formula is C23H33N7O2. The number of nitrogens with one attached hydrogen (secondary N) is 1. The summed E-state index contributed by atoms with van der Waals surface area (Å²) in [5.41, 5.74) is 1.47. The van der Waals surface area contributed by atoms with Gasteiger partial charge in [-0.2, -0.15) is 5.10 Å². The third-order valence-electron chi connectivity index (χ3n) is 7.17. The third kappa shape index (κ3) is 4.23. The number of ether oxygens (including phenoxy) is 1. The van der Waals surface area contributed by atoms with Gasteiger partial charge in [-0.25, -0.2) is 9.97 Å². The molecule has 0 aromatic carbocycles. The number of anilines is 1. The van der Waals surface area contributed by atoms with E-state index >= 15 is 0 Å². The van der Waals surface area contributed by atoms with Crippen molar-refractivity contribution in [2.24, 2.45) is 7.05 Å². The van der Waals surface area contributed by atoms with Crippen LogP contribution in [-0.4, -0.2) is 81.5 Å². The Morgan fingerprint density at radius 2 is 2.00 bits per heavy atom. The Hall–Kier alpha value is -2.52. The van der Waals surface area contributed by atoms with Crippen LogP contribution in [0.5, 0.6) is 0 Å². The summed E-state index contributed by atoms with van der Waals surface area (Å²) >= 11 is 0. The van der Waals surface area contributed by atoms with Crippen LogP contribution >= 0.6 is 0 Å². The molecule has 4 heterocycles. The maximum Gasteiger partial charge on any atom is 0.240 e. The first-order valence-electron chi connectivity index (χ1n) is 11.8. The van der Waals surface area contributed by atoms with Gasteiger partial charge in [0.05, 0.1) is 25.1 Å². The second-order valence-electron chi connectivity index (χ2n) is 9.24. The minimum absolute atomic E-state index is 0.119. The van der Waals surface area contributed by atoms with Gasteiger partial charge in [0.2, 0.25) is 11.9 Å². The minimum atomic E-state index is -0.369. The topological polar surface area (TPSA) is 88.4 Å². The van der Waals surface area contributed by atoms with Crippen molar-refractivity contribution in [1.82, 2.24) is 30.0 Å². The molecule has 2 aliphatic heterocycles. The highest BCUT2D eigenvalue weighted by molar-refractivity contribution is 5.87. The molecule has 2 aromatic heterocycles. The van der Waals surface area contributed by atoms with Gasteiger partial charge in [0.25, 0.3) is 0 Å². The lowest BCUT2D eigenvalue weighted by Crippen LogP contribution is -2.63. The molecule has 1 aliphatic carbocycles. The molecule has 1 atom stereocenters. The van der Waals surface area contributed by atoms with Gasteiger partial charge >= 0.3 is 0 Å². The highest BCUT2D eigenvalue weighted by Crippen LogP contribution is 2.35. The lowest BCUT2D eigenvalue weighted by molar-refractivity contribution is -0.140. The number of aromatic nitrogens is 4. The molecule has 172 valence electrons. The van der Waals surface area contributed by atoms with Crippen molar-refractivity contribution in [1.29, 1.82) is 0 Å². The zero-order valence-corrected chi connectivity index (χ0v) is 18.9. The van der Waals surface area contributed by atoms with E-state index in [-0.39, 0.29) is 17.5 Å². The van der Waals surface area contributed by atoms with Gasteiger partial charge in [-0.3, -0.25) is 14.4 Å². The number of carbonyl (C=O) groups excluding carboxylic acids is 1. The van der Waals surface area contributed by atoms with Crippen molar-refractivity contribution in [2.45, 2.75) is 50.1 Å². The standard InChI is InChI=1S/C23H33N7O2/c1-28-16-18(15-25-28)20-5-9-24-22(27-20)29-10-6-19(17-29)26-21(31)23(7-3-2-4-8-23)30-11-13-32-14-12-30/h5,9,15-16,19H,2-4,6-8,10-14,17H2,1H3,(H,26,31). The summed E-state index contributed by atoms with van der Waals surface area (Å²) in [5, 5.41) is 7.64. The Morgan fingerprint density at radius 1 is 1.19 bits per heavy atom. The van der Waals surface area contributed by atoms with Crippen LogP contribution in [0.2, 0.25) is 0 Å². The molecule has 9 heteroatoms. The lowest BCUT2D eigenvalue weighted by atomic mass is 9.79. The Morgan fingerprint density at radius 3 is 2.75 bits per heavy atom. The van der Waals surface area contributed by atoms with Gasteiger partial charge in [0.1, 0.15) is 5.54 Å². The van der Waals surface area contributed by atoms with Crippen LogP contribution < -0.4 is 10.2 Å². The molecule has 5 rings (SSSR count). The van der Waals surface area contributed by atoms with Crippen LogP contribution in [-0.2, 0) is 16.6 Å². The number of hydrogen-bond acceptors (Lipinski definition) is 7. The lowest BCUT2D eigenvalue weighted by Gasteiger charge is -2.47. The largest absolute Gasteiger partial charge is 0.379 e. The molecule has 0 radical (unpaired) electrons. The number of nitrogens with zero attached hydrogens (tertiary/aromatic N) is 6. The van der Waals surface area contributed by atoms with E-state index in [2.05, 4.69) is 25.2 Å². The van der Waals surface area contributed by atoms with E-state index in [1.165, 1.54) is 6.42 Å². The van der Waals surface area contributed by atoms with E-state index in [0.29, 0.717) is 5.95 Å². The molecular weight excluding hydrogens is 406 g/mol. The molecule has 1 saturated carbocycles. The number of morpholine rings is 1. The second-order valence-corrected chi connectivity index (χ2v) is 9.24.